The first-order chi connectivity index (χ1) is 15.6. The summed E-state index contributed by atoms with van der Waals surface area (Å²) >= 11 is 1.37. The molecule has 0 bridgehead atoms. The van der Waals surface area contributed by atoms with Gasteiger partial charge in [-0.15, -0.1) is 0 Å². The van der Waals surface area contributed by atoms with Crippen molar-refractivity contribution in [3.63, 3.8) is 0 Å². The molecule has 0 unspecified atom stereocenters. The third kappa shape index (κ3) is 5.73. The molecular formula is C23H25N5O3S. The monoisotopic (exact) mass is 451 g/mol. The van der Waals surface area contributed by atoms with Crippen LogP contribution in [0.25, 0.3) is 0 Å². The third-order valence-electron chi connectivity index (χ3n) is 5.29. The summed E-state index contributed by atoms with van der Waals surface area (Å²) in [7, 11) is 0. The summed E-state index contributed by atoms with van der Waals surface area (Å²) in [6, 6.07) is 12.2. The number of aromatic nitrogens is 1. The number of carbonyl (C=O) groups excluding carboxylic acids is 3. The third-order valence-corrected chi connectivity index (χ3v) is 6.50. The second kappa shape index (κ2) is 10.4. The Kier molecular flexibility index (Phi) is 7.16. The number of carbonyl (C=O) groups is 3. The highest BCUT2D eigenvalue weighted by Crippen LogP contribution is 2.29. The van der Waals surface area contributed by atoms with Crippen molar-refractivity contribution in [2.24, 2.45) is 4.99 Å². The van der Waals surface area contributed by atoms with Crippen LogP contribution in [0, 0.1) is 0 Å². The zero-order valence-corrected chi connectivity index (χ0v) is 18.4. The highest BCUT2D eigenvalue weighted by Gasteiger charge is 2.33. The lowest BCUT2D eigenvalue weighted by molar-refractivity contribution is -0.121. The Morgan fingerprint density at radius 2 is 1.94 bits per heavy atom. The van der Waals surface area contributed by atoms with Crippen molar-refractivity contribution in [1.82, 2.24) is 15.2 Å². The van der Waals surface area contributed by atoms with Crippen LogP contribution in [0.15, 0.2) is 53.7 Å². The standard InChI is InChI=1S/C23H25N5O3S/c29-20(14-19-22(31)27-23(32-19)28-11-4-1-5-12-28)26-17-9-6-7-16(13-17)21(30)25-15-18-8-2-3-10-24-18/h2-3,6-10,13,19H,1,4-5,11-12,14-15H2,(H,25,30)(H,26,29)/t19-/m1/s1. The van der Waals surface area contributed by atoms with Crippen molar-refractivity contribution < 1.29 is 14.4 Å². The van der Waals surface area contributed by atoms with Crippen LogP contribution in [0.5, 0.6) is 0 Å². The number of amides is 3. The highest BCUT2D eigenvalue weighted by molar-refractivity contribution is 8.15. The zero-order chi connectivity index (χ0) is 22.3. The minimum atomic E-state index is -0.503. The van der Waals surface area contributed by atoms with Crippen LogP contribution >= 0.6 is 11.8 Å². The van der Waals surface area contributed by atoms with Crippen LogP contribution in [0.1, 0.15) is 41.7 Å². The van der Waals surface area contributed by atoms with Gasteiger partial charge in [-0.1, -0.05) is 23.9 Å². The van der Waals surface area contributed by atoms with Gasteiger partial charge < -0.3 is 15.5 Å². The first kappa shape index (κ1) is 22.0. The van der Waals surface area contributed by atoms with Gasteiger partial charge in [0.05, 0.1) is 12.2 Å². The fraction of sp³-hybridized carbons (Fsp3) is 0.348. The van der Waals surface area contributed by atoms with Gasteiger partial charge in [-0.2, -0.15) is 4.99 Å². The van der Waals surface area contributed by atoms with Crippen LogP contribution in [-0.4, -0.2) is 51.1 Å². The molecule has 9 heteroatoms. The van der Waals surface area contributed by atoms with E-state index in [1.165, 1.54) is 18.2 Å². The van der Waals surface area contributed by atoms with Crippen molar-refractivity contribution in [3.05, 3.63) is 59.9 Å². The lowest BCUT2D eigenvalue weighted by Gasteiger charge is -2.27. The summed E-state index contributed by atoms with van der Waals surface area (Å²) in [6.07, 6.45) is 5.12. The Bertz CT molecular complexity index is 1020. The maximum atomic E-state index is 12.5. The Morgan fingerprint density at radius 1 is 1.09 bits per heavy atom. The fourth-order valence-electron chi connectivity index (χ4n) is 3.62. The molecule has 8 nitrogen and oxygen atoms in total. The fourth-order valence-corrected chi connectivity index (χ4v) is 4.74. The molecule has 0 radical (unpaired) electrons. The van der Waals surface area contributed by atoms with Crippen LogP contribution in [0.3, 0.4) is 0 Å². The number of hydrogen-bond acceptors (Lipinski definition) is 6. The van der Waals surface area contributed by atoms with Crippen molar-refractivity contribution in [2.45, 2.75) is 37.5 Å². The van der Waals surface area contributed by atoms with Crippen LogP contribution in [0.2, 0.25) is 0 Å². The summed E-state index contributed by atoms with van der Waals surface area (Å²) < 4.78 is 0. The highest BCUT2D eigenvalue weighted by atomic mass is 32.2. The predicted molar refractivity (Wildman–Crippen MR) is 124 cm³/mol. The molecule has 32 heavy (non-hydrogen) atoms. The molecule has 1 aromatic carbocycles. The Balaban J connectivity index is 1.29. The number of nitrogens with zero attached hydrogens (tertiary/aromatic N) is 3. The number of pyridine rings is 1. The molecule has 0 spiro atoms. The largest absolute Gasteiger partial charge is 0.351 e. The lowest BCUT2D eigenvalue weighted by atomic mass is 10.1. The first-order valence-electron chi connectivity index (χ1n) is 10.7. The first-order valence-corrected chi connectivity index (χ1v) is 11.6. The molecule has 166 valence electrons. The Hall–Kier alpha value is -3.20. The normalized spacial score (nSPS) is 18.2. The minimum absolute atomic E-state index is 0.0421. The summed E-state index contributed by atoms with van der Waals surface area (Å²) in [4.78, 5) is 47.7. The zero-order valence-electron chi connectivity index (χ0n) is 17.6. The van der Waals surface area contributed by atoms with Gasteiger partial charge in [0.25, 0.3) is 11.8 Å². The number of anilines is 1. The van der Waals surface area contributed by atoms with Gasteiger partial charge in [0.1, 0.15) is 5.25 Å². The molecule has 1 atom stereocenters. The Labute approximate surface area is 190 Å². The van der Waals surface area contributed by atoms with E-state index in [4.69, 9.17) is 0 Å². The van der Waals surface area contributed by atoms with Gasteiger partial charge in [-0.05, 0) is 49.6 Å². The van der Waals surface area contributed by atoms with Gasteiger partial charge in [0.2, 0.25) is 5.91 Å². The molecule has 4 rings (SSSR count). The lowest BCUT2D eigenvalue weighted by Crippen LogP contribution is -2.33. The van der Waals surface area contributed by atoms with Gasteiger partial charge >= 0.3 is 0 Å². The van der Waals surface area contributed by atoms with E-state index < -0.39 is 5.25 Å². The van der Waals surface area contributed by atoms with Crippen molar-refractivity contribution in [2.75, 3.05) is 18.4 Å². The molecule has 1 saturated heterocycles. The molecule has 2 aliphatic heterocycles. The number of aliphatic imine (C=N–C) groups is 1. The molecule has 3 amide bonds. The van der Waals surface area contributed by atoms with Gasteiger partial charge in [-0.25, -0.2) is 0 Å². The minimum Gasteiger partial charge on any atom is -0.351 e. The van der Waals surface area contributed by atoms with E-state index in [2.05, 4.69) is 25.5 Å². The summed E-state index contributed by atoms with van der Waals surface area (Å²) in [6.45, 7) is 2.14. The van der Waals surface area contributed by atoms with Gasteiger partial charge in [0, 0.05) is 37.0 Å². The summed E-state index contributed by atoms with van der Waals surface area (Å²) in [5.74, 6) is -0.793. The second-order valence-corrected chi connectivity index (χ2v) is 8.89. The molecule has 0 saturated carbocycles. The second-order valence-electron chi connectivity index (χ2n) is 7.72. The topological polar surface area (TPSA) is 104 Å². The summed E-state index contributed by atoms with van der Waals surface area (Å²) in [5.41, 5.74) is 1.70. The average molecular weight is 452 g/mol. The maximum Gasteiger partial charge on any atom is 0.262 e. The molecular weight excluding hydrogens is 426 g/mol. The van der Waals surface area contributed by atoms with Crippen molar-refractivity contribution in [1.29, 1.82) is 0 Å². The average Bonchev–Trinajstić information content (AvgIpc) is 3.19. The van der Waals surface area contributed by atoms with E-state index in [0.717, 1.165) is 36.8 Å². The Morgan fingerprint density at radius 3 is 2.72 bits per heavy atom. The van der Waals surface area contributed by atoms with Crippen LogP contribution in [0.4, 0.5) is 5.69 Å². The van der Waals surface area contributed by atoms with E-state index in [-0.39, 0.29) is 24.1 Å². The van der Waals surface area contributed by atoms with E-state index in [1.54, 1.807) is 30.5 Å². The van der Waals surface area contributed by atoms with E-state index >= 15 is 0 Å². The number of nitrogens with one attached hydrogen (secondary N) is 2. The number of rotatable bonds is 6. The number of thioether (sulfide) groups is 1. The molecule has 2 aromatic rings. The van der Waals surface area contributed by atoms with E-state index in [1.807, 2.05) is 18.2 Å². The quantitative estimate of drug-likeness (QED) is 0.700. The smallest absolute Gasteiger partial charge is 0.262 e. The molecule has 0 aliphatic carbocycles. The SMILES string of the molecule is O=C(C[C@H]1SC(N2CCCCC2)=NC1=O)Nc1cccc(C(=O)NCc2ccccn2)c1. The predicted octanol–water partition coefficient (Wildman–Crippen LogP) is 2.82. The maximum absolute atomic E-state index is 12.5. The van der Waals surface area contributed by atoms with Crippen molar-refractivity contribution in [3.8, 4) is 0 Å². The van der Waals surface area contributed by atoms with Crippen LogP contribution in [-0.2, 0) is 16.1 Å². The van der Waals surface area contributed by atoms with E-state index in [9.17, 15) is 14.4 Å². The van der Waals surface area contributed by atoms with E-state index in [0.29, 0.717) is 17.8 Å². The number of benzene rings is 1. The van der Waals surface area contributed by atoms with Gasteiger partial charge in [0.15, 0.2) is 5.17 Å². The molecule has 2 N–H and O–H groups in total. The van der Waals surface area contributed by atoms with Crippen LogP contribution < -0.4 is 10.6 Å². The molecule has 3 heterocycles. The van der Waals surface area contributed by atoms with Crippen molar-refractivity contribution >= 4 is 40.3 Å². The number of amidine groups is 1. The number of piperidine rings is 1. The number of likely N-dealkylation sites (tertiary alicyclic amines) is 1. The van der Waals surface area contributed by atoms with Gasteiger partial charge in [-0.3, -0.25) is 19.4 Å². The molecule has 2 aliphatic rings. The molecule has 1 aromatic heterocycles. The number of hydrogen-bond donors (Lipinski definition) is 2. The molecule has 1 fully saturated rings. The summed E-state index contributed by atoms with van der Waals surface area (Å²) in [5, 5.41) is 5.84.